The summed E-state index contributed by atoms with van der Waals surface area (Å²) in [4.78, 5) is 4.65. The van der Waals surface area contributed by atoms with Crippen molar-refractivity contribution in [1.82, 2.24) is 9.55 Å². The van der Waals surface area contributed by atoms with E-state index in [-0.39, 0.29) is 12.4 Å². The Balaban J connectivity index is 0.00000225. The molecule has 0 saturated heterocycles. The van der Waals surface area contributed by atoms with E-state index in [9.17, 15) is 0 Å². The Morgan fingerprint density at radius 1 is 1.07 bits per heavy atom. The standard InChI is InChI=1S/C23H28N2O2.ClH/c1-4-26-20-11-6-5-10-19(20)15-27-21-12-13-24-22-16(2)17(3)25(23(21)22)14-18-8-7-9-18;/h5-6,10-13,18H,4,7-9,14-15H2,1-3H3;1H. The Labute approximate surface area is 173 Å². The average Bonchev–Trinajstić information content (AvgIpc) is 2.89. The molecule has 0 atom stereocenters. The van der Waals surface area contributed by atoms with Crippen LogP contribution in [0.5, 0.6) is 11.5 Å². The summed E-state index contributed by atoms with van der Waals surface area (Å²) in [6.07, 6.45) is 5.87. The van der Waals surface area contributed by atoms with Gasteiger partial charge in [-0.25, -0.2) is 0 Å². The van der Waals surface area contributed by atoms with Gasteiger partial charge in [0.15, 0.2) is 0 Å². The minimum Gasteiger partial charge on any atom is -0.493 e. The molecule has 3 aromatic rings. The van der Waals surface area contributed by atoms with Gasteiger partial charge in [0, 0.05) is 30.1 Å². The zero-order valence-electron chi connectivity index (χ0n) is 16.9. The lowest BCUT2D eigenvalue weighted by atomic mass is 9.85. The Morgan fingerprint density at radius 2 is 1.86 bits per heavy atom. The first-order chi connectivity index (χ1) is 13.2. The molecule has 1 fully saturated rings. The van der Waals surface area contributed by atoms with E-state index in [1.165, 1.54) is 30.5 Å². The van der Waals surface area contributed by atoms with Crippen molar-refractivity contribution in [1.29, 1.82) is 0 Å². The number of nitrogens with zero attached hydrogens (tertiary/aromatic N) is 2. The van der Waals surface area contributed by atoms with Gasteiger partial charge >= 0.3 is 0 Å². The van der Waals surface area contributed by atoms with Crippen LogP contribution < -0.4 is 9.47 Å². The van der Waals surface area contributed by atoms with E-state index >= 15 is 0 Å². The lowest BCUT2D eigenvalue weighted by molar-refractivity contribution is 0.273. The number of hydrogen-bond donors (Lipinski definition) is 0. The number of fused-ring (bicyclic) bond motifs is 1. The number of benzene rings is 1. The monoisotopic (exact) mass is 400 g/mol. The first-order valence-corrected chi connectivity index (χ1v) is 9.97. The second kappa shape index (κ2) is 8.87. The summed E-state index contributed by atoms with van der Waals surface area (Å²) in [5.41, 5.74) is 5.81. The van der Waals surface area contributed by atoms with Crippen molar-refractivity contribution in [3.63, 3.8) is 0 Å². The molecular weight excluding hydrogens is 372 g/mol. The summed E-state index contributed by atoms with van der Waals surface area (Å²) >= 11 is 0. The van der Waals surface area contributed by atoms with Gasteiger partial charge in [-0.1, -0.05) is 24.6 Å². The minimum atomic E-state index is 0. The van der Waals surface area contributed by atoms with E-state index < -0.39 is 0 Å². The van der Waals surface area contributed by atoms with Crippen molar-refractivity contribution in [2.45, 2.75) is 53.2 Å². The van der Waals surface area contributed by atoms with E-state index in [1.54, 1.807) is 0 Å². The number of hydrogen-bond acceptors (Lipinski definition) is 3. The van der Waals surface area contributed by atoms with Gasteiger partial charge in [0.1, 0.15) is 23.6 Å². The molecule has 1 aliphatic carbocycles. The van der Waals surface area contributed by atoms with E-state index in [1.807, 2.05) is 37.4 Å². The average molecular weight is 401 g/mol. The summed E-state index contributed by atoms with van der Waals surface area (Å²) < 4.78 is 14.5. The van der Waals surface area contributed by atoms with Crippen LogP contribution in [0.4, 0.5) is 0 Å². The summed E-state index contributed by atoms with van der Waals surface area (Å²) in [5.74, 6) is 2.58. The Hall–Kier alpha value is -2.20. The fraction of sp³-hybridized carbons (Fsp3) is 0.435. The van der Waals surface area contributed by atoms with E-state index in [4.69, 9.17) is 9.47 Å². The molecular formula is C23H29ClN2O2. The van der Waals surface area contributed by atoms with Crippen LogP contribution in [0.3, 0.4) is 0 Å². The number of rotatable bonds is 7. The molecule has 4 nitrogen and oxygen atoms in total. The highest BCUT2D eigenvalue weighted by Crippen LogP contribution is 2.35. The lowest BCUT2D eigenvalue weighted by Gasteiger charge is -2.27. The van der Waals surface area contributed by atoms with E-state index in [0.717, 1.165) is 40.6 Å². The third kappa shape index (κ3) is 3.83. The molecule has 0 N–H and O–H groups in total. The molecule has 4 rings (SSSR count). The van der Waals surface area contributed by atoms with Gasteiger partial charge in [0.2, 0.25) is 0 Å². The van der Waals surface area contributed by atoms with Crippen molar-refractivity contribution in [2.75, 3.05) is 6.61 Å². The zero-order chi connectivity index (χ0) is 18.8. The number of halogens is 1. The van der Waals surface area contributed by atoms with Gasteiger partial charge in [-0.3, -0.25) is 4.98 Å². The Morgan fingerprint density at radius 3 is 2.57 bits per heavy atom. The van der Waals surface area contributed by atoms with Gasteiger partial charge in [0.05, 0.1) is 12.1 Å². The highest BCUT2D eigenvalue weighted by atomic mass is 35.5. The number of para-hydroxylation sites is 1. The number of pyridine rings is 1. The Kier molecular flexibility index (Phi) is 6.50. The minimum absolute atomic E-state index is 0. The van der Waals surface area contributed by atoms with Gasteiger partial charge in [0.25, 0.3) is 0 Å². The lowest BCUT2D eigenvalue weighted by Crippen LogP contribution is -2.18. The van der Waals surface area contributed by atoms with Gasteiger partial charge in [-0.2, -0.15) is 0 Å². The van der Waals surface area contributed by atoms with Crippen LogP contribution in [-0.2, 0) is 13.2 Å². The third-order valence-electron chi connectivity index (χ3n) is 5.78. The predicted molar refractivity (Wildman–Crippen MR) is 116 cm³/mol. The molecule has 5 heteroatoms. The summed E-state index contributed by atoms with van der Waals surface area (Å²) in [7, 11) is 0. The smallest absolute Gasteiger partial charge is 0.147 e. The molecule has 0 unspecified atom stereocenters. The number of aryl methyl sites for hydroxylation is 1. The first kappa shape index (κ1) is 20.5. The van der Waals surface area contributed by atoms with Crippen molar-refractivity contribution in [3.8, 4) is 11.5 Å². The zero-order valence-corrected chi connectivity index (χ0v) is 17.7. The van der Waals surface area contributed by atoms with Crippen LogP contribution >= 0.6 is 12.4 Å². The van der Waals surface area contributed by atoms with Crippen LogP contribution in [0.25, 0.3) is 11.0 Å². The predicted octanol–water partition coefficient (Wildman–Crippen LogP) is 5.85. The molecule has 1 aromatic carbocycles. The van der Waals surface area contributed by atoms with Crippen LogP contribution in [0.15, 0.2) is 36.5 Å². The first-order valence-electron chi connectivity index (χ1n) is 9.97. The molecule has 1 aliphatic rings. The van der Waals surface area contributed by atoms with Gasteiger partial charge in [-0.15, -0.1) is 12.4 Å². The van der Waals surface area contributed by atoms with Crippen molar-refractivity contribution >= 4 is 23.4 Å². The maximum Gasteiger partial charge on any atom is 0.147 e. The van der Waals surface area contributed by atoms with Crippen molar-refractivity contribution in [2.24, 2.45) is 5.92 Å². The second-order valence-electron chi connectivity index (χ2n) is 7.45. The van der Waals surface area contributed by atoms with Crippen LogP contribution in [0.1, 0.15) is 43.0 Å². The van der Waals surface area contributed by atoms with Gasteiger partial charge < -0.3 is 14.0 Å². The quantitative estimate of drug-likeness (QED) is 0.498. The Bertz CT molecular complexity index is 947. The fourth-order valence-electron chi connectivity index (χ4n) is 3.87. The van der Waals surface area contributed by atoms with Crippen molar-refractivity contribution < 1.29 is 9.47 Å². The topological polar surface area (TPSA) is 36.3 Å². The van der Waals surface area contributed by atoms with E-state index in [0.29, 0.717) is 13.2 Å². The summed E-state index contributed by atoms with van der Waals surface area (Å²) in [6.45, 7) is 8.57. The van der Waals surface area contributed by atoms with Crippen LogP contribution in [-0.4, -0.2) is 16.2 Å². The van der Waals surface area contributed by atoms with Gasteiger partial charge in [-0.05, 0) is 51.2 Å². The molecule has 0 spiro atoms. The molecule has 150 valence electrons. The SMILES string of the molecule is CCOc1ccccc1COc1ccnc2c(C)c(C)n(CC3CCC3)c12.Cl. The second-order valence-corrected chi connectivity index (χ2v) is 7.45. The van der Waals surface area contributed by atoms with Crippen LogP contribution in [0, 0.1) is 19.8 Å². The fourth-order valence-corrected chi connectivity index (χ4v) is 3.87. The maximum atomic E-state index is 6.29. The molecule has 2 heterocycles. The highest BCUT2D eigenvalue weighted by molar-refractivity contribution is 5.86. The van der Waals surface area contributed by atoms with E-state index in [2.05, 4.69) is 29.5 Å². The molecule has 2 aromatic heterocycles. The molecule has 1 saturated carbocycles. The number of ether oxygens (including phenoxy) is 2. The molecule has 28 heavy (non-hydrogen) atoms. The molecule has 0 radical (unpaired) electrons. The molecule has 0 amide bonds. The normalized spacial score (nSPS) is 13.8. The highest BCUT2D eigenvalue weighted by Gasteiger charge is 2.23. The largest absolute Gasteiger partial charge is 0.493 e. The summed E-state index contributed by atoms with van der Waals surface area (Å²) in [6, 6.07) is 10.1. The molecule has 0 bridgehead atoms. The third-order valence-corrected chi connectivity index (χ3v) is 5.78. The summed E-state index contributed by atoms with van der Waals surface area (Å²) in [5, 5.41) is 0. The van der Waals surface area contributed by atoms with Crippen molar-refractivity contribution in [3.05, 3.63) is 53.3 Å². The number of aromatic nitrogens is 2. The maximum absolute atomic E-state index is 6.29. The van der Waals surface area contributed by atoms with Crippen LogP contribution in [0.2, 0.25) is 0 Å². The molecule has 0 aliphatic heterocycles.